The summed E-state index contributed by atoms with van der Waals surface area (Å²) in [7, 11) is 0. The van der Waals surface area contributed by atoms with Gasteiger partial charge >= 0.3 is 0 Å². The standard InChI is InChI=1S/C13H15N5/c1-3-15-10(2)11-5-4-6-12(7-11)18-9-16-13(8-14)17-18/h4-7,9-10,15H,3H2,1-2H3. The maximum atomic E-state index is 8.71. The van der Waals surface area contributed by atoms with Gasteiger partial charge in [0.15, 0.2) is 0 Å². The highest BCUT2D eigenvalue weighted by molar-refractivity contribution is 5.36. The van der Waals surface area contributed by atoms with E-state index in [0.717, 1.165) is 12.2 Å². The topological polar surface area (TPSA) is 66.5 Å². The lowest BCUT2D eigenvalue weighted by Gasteiger charge is -2.13. The molecule has 0 saturated carbocycles. The summed E-state index contributed by atoms with van der Waals surface area (Å²) in [5.74, 6) is 0.181. The molecule has 1 unspecified atom stereocenters. The molecule has 5 heteroatoms. The third-order valence-corrected chi connectivity index (χ3v) is 2.74. The van der Waals surface area contributed by atoms with Crippen LogP contribution in [0.5, 0.6) is 0 Å². The number of hydrogen-bond donors (Lipinski definition) is 1. The molecule has 1 heterocycles. The van der Waals surface area contributed by atoms with Crippen LogP contribution in [0, 0.1) is 11.3 Å². The van der Waals surface area contributed by atoms with E-state index in [2.05, 4.69) is 35.3 Å². The van der Waals surface area contributed by atoms with Crippen molar-refractivity contribution in [2.24, 2.45) is 0 Å². The summed E-state index contributed by atoms with van der Waals surface area (Å²) in [6.07, 6.45) is 1.55. The number of benzene rings is 1. The highest BCUT2D eigenvalue weighted by Gasteiger charge is 2.06. The summed E-state index contributed by atoms with van der Waals surface area (Å²) in [4.78, 5) is 3.90. The van der Waals surface area contributed by atoms with Gasteiger partial charge in [-0.1, -0.05) is 19.1 Å². The lowest BCUT2D eigenvalue weighted by Crippen LogP contribution is -2.17. The van der Waals surface area contributed by atoms with Crippen LogP contribution in [0.2, 0.25) is 0 Å². The van der Waals surface area contributed by atoms with Gasteiger partial charge < -0.3 is 5.32 Å². The monoisotopic (exact) mass is 241 g/mol. The van der Waals surface area contributed by atoms with Crippen LogP contribution < -0.4 is 5.32 Å². The van der Waals surface area contributed by atoms with Crippen LogP contribution in [0.25, 0.3) is 5.69 Å². The first-order valence-corrected chi connectivity index (χ1v) is 5.90. The molecule has 5 nitrogen and oxygen atoms in total. The second kappa shape index (κ2) is 5.43. The Morgan fingerprint density at radius 1 is 1.50 bits per heavy atom. The molecule has 0 aliphatic heterocycles. The van der Waals surface area contributed by atoms with Crippen LogP contribution in [0.15, 0.2) is 30.6 Å². The van der Waals surface area contributed by atoms with Crippen LogP contribution >= 0.6 is 0 Å². The molecule has 1 atom stereocenters. The number of rotatable bonds is 4. The quantitative estimate of drug-likeness (QED) is 0.886. The SMILES string of the molecule is CCNC(C)c1cccc(-n2cnc(C#N)n2)c1. The Hall–Kier alpha value is -2.19. The molecule has 1 aromatic heterocycles. The number of hydrogen-bond acceptors (Lipinski definition) is 4. The van der Waals surface area contributed by atoms with E-state index in [1.807, 2.05) is 24.3 Å². The van der Waals surface area contributed by atoms with Crippen molar-refractivity contribution < 1.29 is 0 Å². The maximum Gasteiger partial charge on any atom is 0.252 e. The van der Waals surface area contributed by atoms with Gasteiger partial charge in [-0.3, -0.25) is 0 Å². The van der Waals surface area contributed by atoms with Crippen LogP contribution in [-0.4, -0.2) is 21.3 Å². The Morgan fingerprint density at radius 2 is 2.33 bits per heavy atom. The predicted octanol–water partition coefficient (Wildman–Crippen LogP) is 1.81. The third kappa shape index (κ3) is 2.55. The number of nitriles is 1. The largest absolute Gasteiger partial charge is 0.310 e. The molecule has 0 radical (unpaired) electrons. The lowest BCUT2D eigenvalue weighted by molar-refractivity contribution is 0.597. The van der Waals surface area contributed by atoms with E-state index in [1.54, 1.807) is 11.0 Å². The molecule has 0 aliphatic rings. The van der Waals surface area contributed by atoms with E-state index >= 15 is 0 Å². The summed E-state index contributed by atoms with van der Waals surface area (Å²) in [5, 5.41) is 16.1. The van der Waals surface area contributed by atoms with E-state index in [4.69, 9.17) is 5.26 Å². The molecule has 92 valence electrons. The fraction of sp³-hybridized carbons (Fsp3) is 0.308. The zero-order valence-corrected chi connectivity index (χ0v) is 10.5. The van der Waals surface area contributed by atoms with Gasteiger partial charge in [0.2, 0.25) is 0 Å². The molecule has 1 aromatic carbocycles. The summed E-state index contributed by atoms with van der Waals surface area (Å²) in [6.45, 7) is 5.12. The van der Waals surface area contributed by atoms with Gasteiger partial charge in [-0.15, -0.1) is 5.10 Å². The van der Waals surface area contributed by atoms with Crippen molar-refractivity contribution in [3.05, 3.63) is 42.0 Å². The molecule has 0 saturated heterocycles. The van der Waals surface area contributed by atoms with E-state index in [9.17, 15) is 0 Å². The molecule has 18 heavy (non-hydrogen) atoms. The molecular formula is C13H15N5. The maximum absolute atomic E-state index is 8.71. The zero-order chi connectivity index (χ0) is 13.0. The van der Waals surface area contributed by atoms with Crippen molar-refractivity contribution in [1.82, 2.24) is 20.1 Å². The number of aromatic nitrogens is 3. The van der Waals surface area contributed by atoms with Gasteiger partial charge in [-0.05, 0) is 31.2 Å². The first-order chi connectivity index (χ1) is 8.74. The van der Waals surface area contributed by atoms with E-state index in [-0.39, 0.29) is 11.9 Å². The van der Waals surface area contributed by atoms with Crippen molar-refractivity contribution >= 4 is 0 Å². The summed E-state index contributed by atoms with van der Waals surface area (Å²) in [5.41, 5.74) is 2.09. The van der Waals surface area contributed by atoms with Crippen LogP contribution in [-0.2, 0) is 0 Å². The third-order valence-electron chi connectivity index (χ3n) is 2.74. The first kappa shape index (κ1) is 12.3. The second-order valence-electron chi connectivity index (χ2n) is 4.00. The fourth-order valence-electron chi connectivity index (χ4n) is 1.80. The van der Waals surface area contributed by atoms with Gasteiger partial charge in [0.05, 0.1) is 5.69 Å². The molecular weight excluding hydrogens is 226 g/mol. The van der Waals surface area contributed by atoms with Crippen molar-refractivity contribution in [2.75, 3.05) is 6.54 Å². The van der Waals surface area contributed by atoms with E-state index < -0.39 is 0 Å². The Kier molecular flexibility index (Phi) is 3.70. The molecule has 0 amide bonds. The summed E-state index contributed by atoms with van der Waals surface area (Å²) >= 11 is 0. The Bertz CT molecular complexity index is 567. The minimum atomic E-state index is 0.181. The smallest absolute Gasteiger partial charge is 0.252 e. The lowest BCUT2D eigenvalue weighted by atomic mass is 10.1. The number of nitrogens with zero attached hydrogens (tertiary/aromatic N) is 4. The minimum Gasteiger partial charge on any atom is -0.310 e. The minimum absolute atomic E-state index is 0.181. The molecule has 0 aliphatic carbocycles. The number of nitrogens with one attached hydrogen (secondary N) is 1. The Balaban J connectivity index is 2.29. The van der Waals surface area contributed by atoms with E-state index in [0.29, 0.717) is 0 Å². The zero-order valence-electron chi connectivity index (χ0n) is 10.5. The average Bonchev–Trinajstić information content (AvgIpc) is 2.88. The van der Waals surface area contributed by atoms with Gasteiger partial charge in [0.1, 0.15) is 12.4 Å². The van der Waals surface area contributed by atoms with Crippen molar-refractivity contribution in [2.45, 2.75) is 19.9 Å². The van der Waals surface area contributed by atoms with Gasteiger partial charge in [0.25, 0.3) is 5.82 Å². The molecule has 0 bridgehead atoms. The van der Waals surface area contributed by atoms with Gasteiger partial charge in [-0.25, -0.2) is 9.67 Å². The highest BCUT2D eigenvalue weighted by Crippen LogP contribution is 2.16. The van der Waals surface area contributed by atoms with Crippen molar-refractivity contribution in [3.63, 3.8) is 0 Å². The van der Waals surface area contributed by atoms with Crippen LogP contribution in [0.4, 0.5) is 0 Å². The normalized spacial score (nSPS) is 12.1. The molecule has 2 rings (SSSR count). The second-order valence-corrected chi connectivity index (χ2v) is 4.00. The van der Waals surface area contributed by atoms with Crippen molar-refractivity contribution in [3.8, 4) is 11.8 Å². The highest BCUT2D eigenvalue weighted by atomic mass is 15.3. The van der Waals surface area contributed by atoms with Gasteiger partial charge in [0, 0.05) is 6.04 Å². The van der Waals surface area contributed by atoms with Crippen molar-refractivity contribution in [1.29, 1.82) is 5.26 Å². The summed E-state index contributed by atoms with van der Waals surface area (Å²) < 4.78 is 1.61. The fourth-order valence-corrected chi connectivity index (χ4v) is 1.80. The Labute approximate surface area is 106 Å². The Morgan fingerprint density at radius 3 is 3.00 bits per heavy atom. The molecule has 0 fully saturated rings. The summed E-state index contributed by atoms with van der Waals surface area (Å²) in [6, 6.07) is 10.2. The van der Waals surface area contributed by atoms with Crippen LogP contribution in [0.1, 0.15) is 31.3 Å². The molecule has 0 spiro atoms. The van der Waals surface area contributed by atoms with E-state index in [1.165, 1.54) is 5.56 Å². The first-order valence-electron chi connectivity index (χ1n) is 5.90. The van der Waals surface area contributed by atoms with Gasteiger partial charge in [-0.2, -0.15) is 5.26 Å². The van der Waals surface area contributed by atoms with Crippen LogP contribution in [0.3, 0.4) is 0 Å². The predicted molar refractivity (Wildman–Crippen MR) is 68.2 cm³/mol. The average molecular weight is 241 g/mol. The molecule has 1 N–H and O–H groups in total. The molecule has 2 aromatic rings.